The van der Waals surface area contributed by atoms with Crippen LogP contribution in [-0.2, 0) is 7.05 Å². The zero-order valence-corrected chi connectivity index (χ0v) is 12.4. The van der Waals surface area contributed by atoms with Crippen LogP contribution in [0.2, 0.25) is 0 Å². The van der Waals surface area contributed by atoms with Gasteiger partial charge in [0, 0.05) is 25.9 Å². The van der Waals surface area contributed by atoms with Crippen molar-refractivity contribution in [2.45, 2.75) is 13.8 Å². The van der Waals surface area contributed by atoms with Crippen LogP contribution in [0.1, 0.15) is 38.9 Å². The summed E-state index contributed by atoms with van der Waals surface area (Å²) >= 11 is 0. The highest BCUT2D eigenvalue weighted by molar-refractivity contribution is 6.07. The number of ketones is 1. The minimum absolute atomic E-state index is 0.132. The number of amides is 1. The Labute approximate surface area is 127 Å². The molecular weight excluding hydrogens is 285 g/mol. The Morgan fingerprint density at radius 2 is 2.05 bits per heavy atom. The number of nitrogens with one attached hydrogen (secondary N) is 1. The van der Waals surface area contributed by atoms with Gasteiger partial charge in [-0.1, -0.05) is 0 Å². The summed E-state index contributed by atoms with van der Waals surface area (Å²) in [5.41, 5.74) is 1.57. The minimum Gasteiger partial charge on any atom is -0.347 e. The first kappa shape index (κ1) is 15.4. The van der Waals surface area contributed by atoms with E-state index in [-0.39, 0.29) is 11.3 Å². The predicted octanol–water partition coefficient (Wildman–Crippen LogP) is 2.80. The molecule has 22 heavy (non-hydrogen) atoms. The van der Waals surface area contributed by atoms with Gasteiger partial charge < -0.3 is 9.88 Å². The third kappa shape index (κ3) is 2.74. The number of hydrogen-bond acceptors (Lipinski definition) is 3. The van der Waals surface area contributed by atoms with Gasteiger partial charge in [-0.3, -0.25) is 9.59 Å². The lowest BCUT2D eigenvalue weighted by Gasteiger charge is -2.05. The number of hydrogen-bond donors (Lipinski definition) is 1. The molecule has 0 unspecified atom stereocenters. The number of nitrogens with zero attached hydrogens (tertiary/aromatic N) is 2. The van der Waals surface area contributed by atoms with Gasteiger partial charge in [0.15, 0.2) is 5.78 Å². The SMILES string of the molecule is CC(=O)c1c(C)c(C(=O)Nc2ccc(F)c(C#N)c2)cn1C. The molecule has 0 radical (unpaired) electrons. The molecule has 1 aromatic heterocycles. The summed E-state index contributed by atoms with van der Waals surface area (Å²) < 4.78 is 14.9. The van der Waals surface area contributed by atoms with Crippen LogP contribution in [-0.4, -0.2) is 16.3 Å². The highest BCUT2D eigenvalue weighted by Crippen LogP contribution is 2.19. The van der Waals surface area contributed by atoms with E-state index in [9.17, 15) is 14.0 Å². The lowest BCUT2D eigenvalue weighted by molar-refractivity contribution is 0.100. The summed E-state index contributed by atoms with van der Waals surface area (Å²) in [5, 5.41) is 11.4. The Morgan fingerprint density at radius 1 is 1.36 bits per heavy atom. The highest BCUT2D eigenvalue weighted by Gasteiger charge is 2.19. The van der Waals surface area contributed by atoms with Crippen LogP contribution >= 0.6 is 0 Å². The number of carbonyl (C=O) groups is 2. The Morgan fingerprint density at radius 3 is 2.59 bits per heavy atom. The van der Waals surface area contributed by atoms with Gasteiger partial charge in [0.05, 0.1) is 16.8 Å². The monoisotopic (exact) mass is 299 g/mol. The van der Waals surface area contributed by atoms with Gasteiger partial charge in [0.1, 0.15) is 11.9 Å². The molecule has 1 N–H and O–H groups in total. The molecule has 0 aliphatic heterocycles. The fraction of sp³-hybridized carbons (Fsp3) is 0.188. The molecule has 6 heteroatoms. The second-order valence-electron chi connectivity index (χ2n) is 4.94. The maximum atomic E-state index is 13.3. The van der Waals surface area contributed by atoms with Crippen molar-refractivity contribution in [2.24, 2.45) is 7.05 Å². The third-order valence-corrected chi connectivity index (χ3v) is 3.36. The Hall–Kier alpha value is -2.94. The van der Waals surface area contributed by atoms with E-state index in [1.807, 2.05) is 0 Å². The first-order valence-electron chi connectivity index (χ1n) is 6.53. The molecule has 0 fully saturated rings. The number of rotatable bonds is 3. The van der Waals surface area contributed by atoms with E-state index in [1.54, 1.807) is 30.8 Å². The van der Waals surface area contributed by atoms with Crippen molar-refractivity contribution in [3.05, 3.63) is 52.6 Å². The van der Waals surface area contributed by atoms with Gasteiger partial charge >= 0.3 is 0 Å². The maximum absolute atomic E-state index is 13.3. The lowest BCUT2D eigenvalue weighted by atomic mass is 10.1. The van der Waals surface area contributed by atoms with Crippen molar-refractivity contribution >= 4 is 17.4 Å². The van der Waals surface area contributed by atoms with E-state index in [0.29, 0.717) is 22.5 Å². The molecule has 112 valence electrons. The van der Waals surface area contributed by atoms with Crippen molar-refractivity contribution in [3.8, 4) is 6.07 Å². The van der Waals surface area contributed by atoms with Crippen LogP contribution in [0, 0.1) is 24.1 Å². The lowest BCUT2D eigenvalue weighted by Crippen LogP contribution is -2.12. The first-order chi connectivity index (χ1) is 10.3. The van der Waals surface area contributed by atoms with Crippen LogP contribution < -0.4 is 5.32 Å². The number of aromatic nitrogens is 1. The van der Waals surface area contributed by atoms with E-state index in [2.05, 4.69) is 5.32 Å². The molecule has 1 aromatic carbocycles. The van der Waals surface area contributed by atoms with E-state index in [0.717, 1.165) is 6.07 Å². The smallest absolute Gasteiger partial charge is 0.257 e. The molecule has 0 spiro atoms. The number of anilines is 1. The molecule has 0 saturated carbocycles. The fourth-order valence-corrected chi connectivity index (χ4v) is 2.38. The normalized spacial score (nSPS) is 10.1. The van der Waals surface area contributed by atoms with Gasteiger partial charge in [0.2, 0.25) is 0 Å². The minimum atomic E-state index is -0.643. The van der Waals surface area contributed by atoms with Crippen molar-refractivity contribution in [2.75, 3.05) is 5.32 Å². The maximum Gasteiger partial charge on any atom is 0.257 e. The molecule has 5 nitrogen and oxygen atoms in total. The van der Waals surface area contributed by atoms with Gasteiger partial charge in [-0.25, -0.2) is 4.39 Å². The van der Waals surface area contributed by atoms with Crippen LogP contribution in [0.5, 0.6) is 0 Å². The van der Waals surface area contributed by atoms with Crippen molar-refractivity contribution in [1.29, 1.82) is 5.26 Å². The summed E-state index contributed by atoms with van der Waals surface area (Å²) in [6, 6.07) is 5.47. The topological polar surface area (TPSA) is 74.9 Å². The van der Waals surface area contributed by atoms with Crippen molar-refractivity contribution < 1.29 is 14.0 Å². The molecule has 1 amide bonds. The summed E-state index contributed by atoms with van der Waals surface area (Å²) in [6.45, 7) is 3.13. The Bertz CT molecular complexity index is 816. The zero-order valence-electron chi connectivity index (χ0n) is 12.4. The molecule has 2 rings (SSSR count). The number of benzene rings is 1. The summed E-state index contributed by atoms with van der Waals surface area (Å²) in [6.07, 6.45) is 1.57. The van der Waals surface area contributed by atoms with Crippen molar-refractivity contribution in [1.82, 2.24) is 4.57 Å². The van der Waals surface area contributed by atoms with Gasteiger partial charge in [-0.05, 0) is 30.7 Å². The number of nitriles is 1. The van der Waals surface area contributed by atoms with Gasteiger partial charge in [0.25, 0.3) is 5.91 Å². The molecule has 1 heterocycles. The van der Waals surface area contributed by atoms with E-state index in [4.69, 9.17) is 5.26 Å². The van der Waals surface area contributed by atoms with Crippen LogP contribution in [0.3, 0.4) is 0 Å². The van der Waals surface area contributed by atoms with Crippen LogP contribution in [0.4, 0.5) is 10.1 Å². The highest BCUT2D eigenvalue weighted by atomic mass is 19.1. The Balaban J connectivity index is 2.33. The molecule has 0 saturated heterocycles. The van der Waals surface area contributed by atoms with Gasteiger partial charge in [-0.15, -0.1) is 0 Å². The van der Waals surface area contributed by atoms with E-state index >= 15 is 0 Å². The quantitative estimate of drug-likeness (QED) is 0.885. The zero-order chi connectivity index (χ0) is 16.4. The largest absolute Gasteiger partial charge is 0.347 e. The van der Waals surface area contributed by atoms with E-state index in [1.165, 1.54) is 19.1 Å². The number of carbonyl (C=O) groups excluding carboxylic acids is 2. The second-order valence-corrected chi connectivity index (χ2v) is 4.94. The fourth-order valence-electron chi connectivity index (χ4n) is 2.38. The average molecular weight is 299 g/mol. The second kappa shape index (κ2) is 5.82. The molecule has 2 aromatic rings. The van der Waals surface area contributed by atoms with Crippen molar-refractivity contribution in [3.63, 3.8) is 0 Å². The summed E-state index contributed by atoms with van der Waals surface area (Å²) in [4.78, 5) is 23.9. The number of halogens is 1. The number of aryl methyl sites for hydroxylation is 1. The molecule has 0 aliphatic rings. The third-order valence-electron chi connectivity index (χ3n) is 3.36. The molecule has 0 aliphatic carbocycles. The van der Waals surface area contributed by atoms with Crippen LogP contribution in [0.15, 0.2) is 24.4 Å². The van der Waals surface area contributed by atoms with E-state index < -0.39 is 11.7 Å². The summed E-state index contributed by atoms with van der Waals surface area (Å²) in [7, 11) is 1.69. The Kier molecular flexibility index (Phi) is 4.08. The predicted molar refractivity (Wildman–Crippen MR) is 79.2 cm³/mol. The summed E-state index contributed by atoms with van der Waals surface area (Å²) in [5.74, 6) is -1.20. The standard InChI is InChI=1S/C16H14FN3O2/c1-9-13(8-20(3)15(9)10(2)21)16(22)19-12-4-5-14(17)11(6-12)7-18/h4-6,8H,1-3H3,(H,19,22). The first-order valence-corrected chi connectivity index (χ1v) is 6.53. The molecular formula is C16H14FN3O2. The average Bonchev–Trinajstić information content (AvgIpc) is 2.76. The molecule has 0 bridgehead atoms. The van der Waals surface area contributed by atoms with Crippen LogP contribution in [0.25, 0.3) is 0 Å². The number of Topliss-reactive ketones (excluding diaryl/α,β-unsaturated/α-hetero) is 1. The van der Waals surface area contributed by atoms with Gasteiger partial charge in [-0.2, -0.15) is 5.26 Å². The molecule has 0 atom stereocenters.